The number of aromatic nitrogens is 3. The fraction of sp³-hybridized carbons (Fsp3) is 0.471. The molecule has 4 rings (SSSR count). The second kappa shape index (κ2) is 6.84. The number of carbonyl (C=O) groups is 1. The molecule has 7 heteroatoms. The van der Waals surface area contributed by atoms with Crippen molar-refractivity contribution in [2.45, 2.75) is 36.2 Å². The lowest BCUT2D eigenvalue weighted by Crippen LogP contribution is -2.47. The van der Waals surface area contributed by atoms with Crippen LogP contribution in [0.25, 0.3) is 0 Å². The number of rotatable bonds is 2. The van der Waals surface area contributed by atoms with Crippen molar-refractivity contribution < 1.29 is 4.79 Å². The van der Waals surface area contributed by atoms with E-state index in [9.17, 15) is 4.79 Å². The highest BCUT2D eigenvalue weighted by Crippen LogP contribution is 2.36. The molecule has 2 aliphatic rings. The monoisotopic (exact) mass is 343 g/mol. The van der Waals surface area contributed by atoms with E-state index in [-0.39, 0.29) is 18.1 Å². The number of nitrogens with one attached hydrogen (secondary N) is 1. The van der Waals surface area contributed by atoms with Gasteiger partial charge < -0.3 is 10.2 Å². The number of fused-ring (bicyclic) bond motifs is 1. The number of urea groups is 1. The summed E-state index contributed by atoms with van der Waals surface area (Å²) in [5.41, 5.74) is 1.24. The molecule has 0 bridgehead atoms. The molecule has 0 aliphatic carbocycles. The average Bonchev–Trinajstić information content (AvgIpc) is 3.17. The number of amides is 2. The van der Waals surface area contributed by atoms with Crippen LogP contribution in [0.3, 0.4) is 0 Å². The van der Waals surface area contributed by atoms with Crippen molar-refractivity contribution >= 4 is 17.8 Å². The zero-order valence-electron chi connectivity index (χ0n) is 13.5. The van der Waals surface area contributed by atoms with Gasteiger partial charge in [-0.15, -0.1) is 11.8 Å². The van der Waals surface area contributed by atoms with E-state index in [0.717, 1.165) is 31.6 Å². The third-order valence-corrected chi connectivity index (χ3v) is 5.87. The Hall–Kier alpha value is -2.02. The van der Waals surface area contributed by atoms with Crippen LogP contribution in [0.4, 0.5) is 4.79 Å². The third kappa shape index (κ3) is 3.13. The van der Waals surface area contributed by atoms with Gasteiger partial charge in [0.1, 0.15) is 12.7 Å². The van der Waals surface area contributed by atoms with E-state index >= 15 is 0 Å². The van der Waals surface area contributed by atoms with Gasteiger partial charge in [0.2, 0.25) is 0 Å². The summed E-state index contributed by atoms with van der Waals surface area (Å²) in [5, 5.41) is 7.46. The van der Waals surface area contributed by atoms with Gasteiger partial charge in [0.15, 0.2) is 0 Å². The van der Waals surface area contributed by atoms with Gasteiger partial charge in [0.05, 0.1) is 12.1 Å². The minimum atomic E-state index is 0.0338. The van der Waals surface area contributed by atoms with Crippen LogP contribution in [-0.4, -0.2) is 44.5 Å². The van der Waals surface area contributed by atoms with Gasteiger partial charge in [0, 0.05) is 23.7 Å². The Morgan fingerprint density at radius 2 is 2.21 bits per heavy atom. The summed E-state index contributed by atoms with van der Waals surface area (Å²) in [6.07, 6.45) is 6.30. The Morgan fingerprint density at radius 1 is 1.29 bits per heavy atom. The number of hydrogen-bond donors (Lipinski definition) is 1. The topological polar surface area (TPSA) is 63.1 Å². The maximum Gasteiger partial charge on any atom is 0.317 e. The van der Waals surface area contributed by atoms with Crippen molar-refractivity contribution in [2.24, 2.45) is 0 Å². The second-order valence-corrected chi connectivity index (χ2v) is 7.43. The Labute approximate surface area is 145 Å². The first-order valence-corrected chi connectivity index (χ1v) is 9.41. The number of nitrogens with zero attached hydrogens (tertiary/aromatic N) is 4. The Balaban J connectivity index is 1.43. The van der Waals surface area contributed by atoms with Crippen LogP contribution in [0.1, 0.15) is 36.9 Å². The van der Waals surface area contributed by atoms with Crippen LogP contribution in [0.5, 0.6) is 0 Å². The van der Waals surface area contributed by atoms with Crippen molar-refractivity contribution in [2.75, 3.05) is 18.8 Å². The number of likely N-dealkylation sites (tertiary alicyclic amines) is 1. The largest absolute Gasteiger partial charge is 0.331 e. The fourth-order valence-electron chi connectivity index (χ4n) is 3.49. The number of piperidine rings is 1. The first kappa shape index (κ1) is 15.5. The quantitative estimate of drug-likeness (QED) is 0.911. The number of thioether (sulfide) groups is 1. The van der Waals surface area contributed by atoms with Gasteiger partial charge in [-0.05, 0) is 30.9 Å². The summed E-state index contributed by atoms with van der Waals surface area (Å²) in [7, 11) is 0. The van der Waals surface area contributed by atoms with E-state index in [2.05, 4.69) is 33.6 Å². The molecular formula is C17H21N5OS. The van der Waals surface area contributed by atoms with Crippen LogP contribution >= 0.6 is 11.8 Å². The normalized spacial score (nSPS) is 23.6. The number of hydrogen-bond acceptors (Lipinski definition) is 4. The lowest BCUT2D eigenvalue weighted by molar-refractivity contribution is 0.159. The van der Waals surface area contributed by atoms with E-state index < -0.39 is 0 Å². The molecule has 2 amide bonds. The lowest BCUT2D eigenvalue weighted by atomic mass is 10.0. The second-order valence-electron chi connectivity index (χ2n) is 6.29. The molecule has 1 N–H and O–H groups in total. The predicted molar refractivity (Wildman–Crippen MR) is 92.9 cm³/mol. The van der Waals surface area contributed by atoms with Crippen LogP contribution in [0, 0.1) is 0 Å². The minimum Gasteiger partial charge on any atom is -0.331 e. The molecule has 0 radical (unpaired) electrons. The van der Waals surface area contributed by atoms with Crippen LogP contribution in [-0.2, 0) is 0 Å². The first-order valence-electron chi connectivity index (χ1n) is 8.42. The van der Waals surface area contributed by atoms with Gasteiger partial charge >= 0.3 is 6.03 Å². The minimum absolute atomic E-state index is 0.0338. The molecule has 1 aromatic heterocycles. The van der Waals surface area contributed by atoms with Gasteiger partial charge in [0.25, 0.3) is 0 Å². The smallest absolute Gasteiger partial charge is 0.317 e. The number of benzene rings is 1. The molecule has 0 spiro atoms. The highest BCUT2D eigenvalue weighted by molar-refractivity contribution is 7.99. The molecule has 1 saturated heterocycles. The van der Waals surface area contributed by atoms with Crippen molar-refractivity contribution in [3.63, 3.8) is 0 Å². The van der Waals surface area contributed by atoms with Crippen LogP contribution in [0.15, 0.2) is 41.8 Å². The molecule has 2 aromatic rings. The summed E-state index contributed by atoms with van der Waals surface area (Å²) in [6.45, 7) is 1.50. The van der Waals surface area contributed by atoms with Crippen LogP contribution < -0.4 is 5.32 Å². The average molecular weight is 343 g/mol. The summed E-state index contributed by atoms with van der Waals surface area (Å²) in [5.74, 6) is 1.05. The van der Waals surface area contributed by atoms with E-state index in [1.165, 1.54) is 10.5 Å². The molecule has 1 fully saturated rings. The van der Waals surface area contributed by atoms with Gasteiger partial charge in [-0.2, -0.15) is 5.10 Å². The van der Waals surface area contributed by atoms with Crippen molar-refractivity contribution in [3.8, 4) is 0 Å². The fourth-order valence-corrected chi connectivity index (χ4v) is 4.62. The molecule has 126 valence electrons. The maximum absolute atomic E-state index is 12.8. The van der Waals surface area contributed by atoms with Gasteiger partial charge in [-0.3, -0.25) is 0 Å². The molecule has 24 heavy (non-hydrogen) atoms. The predicted octanol–water partition coefficient (Wildman–Crippen LogP) is 2.86. The Kier molecular flexibility index (Phi) is 4.42. The lowest BCUT2D eigenvalue weighted by Gasteiger charge is -2.34. The van der Waals surface area contributed by atoms with E-state index in [4.69, 9.17) is 0 Å². The van der Waals surface area contributed by atoms with E-state index in [1.807, 2.05) is 27.4 Å². The zero-order chi connectivity index (χ0) is 16.4. The molecule has 2 aliphatic heterocycles. The van der Waals surface area contributed by atoms with Crippen LogP contribution in [0.2, 0.25) is 0 Å². The molecule has 0 unspecified atom stereocenters. The zero-order valence-corrected chi connectivity index (χ0v) is 14.3. The highest BCUT2D eigenvalue weighted by Gasteiger charge is 2.28. The Bertz CT molecular complexity index is 705. The van der Waals surface area contributed by atoms with Crippen molar-refractivity contribution in [1.82, 2.24) is 25.0 Å². The summed E-state index contributed by atoms with van der Waals surface area (Å²) >= 11 is 1.87. The third-order valence-electron chi connectivity index (χ3n) is 4.75. The van der Waals surface area contributed by atoms with Crippen molar-refractivity contribution in [3.05, 3.63) is 42.5 Å². The molecule has 2 atom stereocenters. The highest BCUT2D eigenvalue weighted by atomic mass is 32.2. The summed E-state index contributed by atoms with van der Waals surface area (Å²) in [6, 6.07) is 8.74. The SMILES string of the molecule is O=C(N[C@@H]1CCSc2ccccc21)N1CCC[C@@H](n2cncn2)C1. The standard InChI is InChI=1S/C17H21N5OS/c23-17(20-15-7-9-24-16-6-2-1-5-14(15)16)21-8-3-4-13(10-21)22-12-18-11-19-22/h1-2,5-6,11-13,15H,3-4,7-10H2,(H,20,23)/t13-,15-/m1/s1. The van der Waals surface area contributed by atoms with Crippen molar-refractivity contribution in [1.29, 1.82) is 0 Å². The summed E-state index contributed by atoms with van der Waals surface area (Å²) < 4.78 is 1.87. The van der Waals surface area contributed by atoms with Gasteiger partial charge in [-0.1, -0.05) is 18.2 Å². The molecule has 3 heterocycles. The first-order chi connectivity index (χ1) is 11.8. The maximum atomic E-state index is 12.8. The van der Waals surface area contributed by atoms with E-state index in [1.54, 1.807) is 12.7 Å². The molecule has 1 aromatic carbocycles. The number of carbonyl (C=O) groups excluding carboxylic acids is 1. The molecule has 6 nitrogen and oxygen atoms in total. The summed E-state index contributed by atoms with van der Waals surface area (Å²) in [4.78, 5) is 20.0. The van der Waals surface area contributed by atoms with E-state index in [0.29, 0.717) is 6.54 Å². The Morgan fingerprint density at radius 3 is 3.08 bits per heavy atom. The molecular weight excluding hydrogens is 322 g/mol. The van der Waals surface area contributed by atoms with Gasteiger partial charge in [-0.25, -0.2) is 14.5 Å². The molecule has 0 saturated carbocycles.